The molecule has 0 aliphatic heterocycles. The van der Waals surface area contributed by atoms with Crippen LogP contribution < -0.4 is 0 Å². The van der Waals surface area contributed by atoms with Crippen LogP contribution in [0.15, 0.2) is 0 Å². The second kappa shape index (κ2) is 6.83. The van der Waals surface area contributed by atoms with Crippen molar-refractivity contribution >= 4 is 15.2 Å². The average Bonchev–Trinajstić information content (AvgIpc) is 2.28. The van der Waals surface area contributed by atoms with Crippen LogP contribution in [0.1, 0.15) is 0 Å². The van der Waals surface area contributed by atoms with Gasteiger partial charge in [0.15, 0.2) is 0 Å². The monoisotopic (exact) mass is 277 g/mol. The molecule has 0 heterocycles. The van der Waals surface area contributed by atoms with Crippen LogP contribution in [0.3, 0.4) is 0 Å². The maximum absolute atomic E-state index is 11.6. The van der Waals surface area contributed by atoms with Gasteiger partial charge in [-0.2, -0.15) is 5.06 Å². The van der Waals surface area contributed by atoms with Crippen LogP contribution in [-0.2, 0) is 27.2 Å². The molecule has 10 heteroatoms. The normalized spacial score (nSPS) is 13.4. The third-order valence-electron chi connectivity index (χ3n) is 1.79. The van der Waals surface area contributed by atoms with Gasteiger partial charge in [0.25, 0.3) is 0 Å². The van der Waals surface area contributed by atoms with E-state index in [-0.39, 0.29) is 0 Å². The van der Waals surface area contributed by atoms with Gasteiger partial charge in [-0.1, -0.05) is 0 Å². The van der Waals surface area contributed by atoms with Crippen molar-refractivity contribution < 1.29 is 32.4 Å². The summed E-state index contributed by atoms with van der Waals surface area (Å²) < 4.78 is 41.6. The van der Waals surface area contributed by atoms with Crippen LogP contribution in [0.25, 0.3) is 0 Å². The van der Waals surface area contributed by atoms with Crippen molar-refractivity contribution in [2.45, 2.75) is 0 Å². The fourth-order valence-corrected chi connectivity index (χ4v) is 2.74. The summed E-state index contributed by atoms with van der Waals surface area (Å²) in [6.45, 7) is 0. The van der Waals surface area contributed by atoms with E-state index in [1.54, 1.807) is 0 Å². The second-order valence-electron chi connectivity index (χ2n) is 2.74. The van der Waals surface area contributed by atoms with Crippen LogP contribution in [0.4, 0.5) is 0 Å². The van der Waals surface area contributed by atoms with Crippen molar-refractivity contribution in [2.75, 3.05) is 41.0 Å². The molecule has 0 aromatic heterocycles. The van der Waals surface area contributed by atoms with Gasteiger partial charge in [-0.05, 0) is 0 Å². The summed E-state index contributed by atoms with van der Waals surface area (Å²) in [4.78, 5) is 0. The smallest absolute Gasteiger partial charge is 0.313 e. The fourth-order valence-electron chi connectivity index (χ4n) is 0.825. The third-order valence-corrected chi connectivity index (χ3v) is 5.36. The quantitative estimate of drug-likeness (QED) is 0.527. The molecule has 0 aliphatic rings. The van der Waals surface area contributed by atoms with Crippen molar-refractivity contribution in [3.8, 4) is 0 Å². The van der Waals surface area contributed by atoms with Crippen molar-refractivity contribution in [1.29, 1.82) is 0 Å². The van der Waals surface area contributed by atoms with Gasteiger partial charge in [0.05, 0.1) is 0 Å². The molecule has 8 nitrogen and oxygen atoms in total. The highest BCUT2D eigenvalue weighted by atomic mass is 31.2. The standard InChI is InChI=1S/C6H17NO7P2/c1-11-15(9,12-2)5-7(8)6-16(10,13-3)14-4/h8H,5-6H2,1-4H3. The summed E-state index contributed by atoms with van der Waals surface area (Å²) in [7, 11) is -2.06. The summed E-state index contributed by atoms with van der Waals surface area (Å²) >= 11 is 0. The number of hydrogen-bond donors (Lipinski definition) is 1. The minimum Gasteiger partial charge on any atom is -0.313 e. The maximum Gasteiger partial charge on any atom is 0.346 e. The molecule has 0 saturated carbocycles. The molecule has 0 unspecified atom stereocenters. The molecule has 0 spiro atoms. The van der Waals surface area contributed by atoms with Gasteiger partial charge in [0.1, 0.15) is 12.6 Å². The first-order valence-electron chi connectivity index (χ1n) is 4.19. The Morgan fingerprint density at radius 2 is 1.12 bits per heavy atom. The van der Waals surface area contributed by atoms with Crippen LogP contribution in [0.2, 0.25) is 0 Å². The molecule has 0 rings (SSSR count). The van der Waals surface area contributed by atoms with Gasteiger partial charge >= 0.3 is 15.2 Å². The van der Waals surface area contributed by atoms with E-state index in [0.717, 1.165) is 0 Å². The minimum absolute atomic E-state index is 0.434. The first kappa shape index (κ1) is 16.2. The summed E-state index contributed by atoms with van der Waals surface area (Å²) in [5, 5.41) is 9.93. The largest absolute Gasteiger partial charge is 0.346 e. The Bertz CT molecular complexity index is 253. The zero-order valence-corrected chi connectivity index (χ0v) is 11.4. The molecule has 0 bridgehead atoms. The lowest BCUT2D eigenvalue weighted by Gasteiger charge is -2.22. The summed E-state index contributed by atoms with van der Waals surface area (Å²) in [5.74, 6) is 0. The van der Waals surface area contributed by atoms with Crippen molar-refractivity contribution in [2.24, 2.45) is 0 Å². The molecule has 1 N–H and O–H groups in total. The van der Waals surface area contributed by atoms with E-state index >= 15 is 0 Å². The lowest BCUT2D eigenvalue weighted by atomic mass is 11.2. The molecule has 0 aliphatic carbocycles. The number of rotatable bonds is 8. The number of hydrogen-bond acceptors (Lipinski definition) is 8. The predicted octanol–water partition coefficient (Wildman–Crippen LogP) is 1.56. The maximum atomic E-state index is 11.6. The van der Waals surface area contributed by atoms with Gasteiger partial charge in [0.2, 0.25) is 0 Å². The fraction of sp³-hybridized carbons (Fsp3) is 1.00. The molecule has 0 atom stereocenters. The van der Waals surface area contributed by atoms with Gasteiger partial charge in [-0.25, -0.2) is 0 Å². The molecular formula is C6H17NO7P2. The molecule has 0 saturated heterocycles. The SMILES string of the molecule is COP(=O)(CN(O)CP(=O)(OC)OC)OC. The van der Waals surface area contributed by atoms with Crippen LogP contribution >= 0.6 is 15.2 Å². The third kappa shape index (κ3) is 5.03. The Kier molecular flexibility index (Phi) is 6.93. The van der Waals surface area contributed by atoms with Crippen LogP contribution in [-0.4, -0.2) is 51.3 Å². The van der Waals surface area contributed by atoms with Crippen molar-refractivity contribution in [1.82, 2.24) is 5.06 Å². The minimum atomic E-state index is -3.40. The van der Waals surface area contributed by atoms with Gasteiger partial charge in [-0.15, -0.1) is 0 Å². The van der Waals surface area contributed by atoms with Gasteiger partial charge in [-0.3, -0.25) is 9.13 Å². The zero-order chi connectivity index (χ0) is 12.8. The van der Waals surface area contributed by atoms with E-state index in [4.69, 9.17) is 0 Å². The van der Waals surface area contributed by atoms with Gasteiger partial charge in [0, 0.05) is 28.4 Å². The zero-order valence-electron chi connectivity index (χ0n) is 9.65. The number of nitrogens with zero attached hydrogens (tertiary/aromatic N) is 1. The molecule has 0 radical (unpaired) electrons. The topological polar surface area (TPSA) is 94.5 Å². The molecular weight excluding hydrogens is 260 g/mol. The Morgan fingerprint density at radius 1 is 0.875 bits per heavy atom. The van der Waals surface area contributed by atoms with Crippen molar-refractivity contribution in [3.63, 3.8) is 0 Å². The van der Waals surface area contributed by atoms with Crippen LogP contribution in [0.5, 0.6) is 0 Å². The summed E-state index contributed by atoms with van der Waals surface area (Å²) in [6, 6.07) is 0. The first-order valence-corrected chi connectivity index (χ1v) is 7.65. The highest BCUT2D eigenvalue weighted by Crippen LogP contribution is 2.50. The van der Waals surface area contributed by atoms with E-state index in [1.165, 1.54) is 28.4 Å². The Morgan fingerprint density at radius 3 is 1.31 bits per heavy atom. The van der Waals surface area contributed by atoms with Gasteiger partial charge < -0.3 is 23.3 Å². The summed E-state index contributed by atoms with van der Waals surface area (Å²) in [6.07, 6.45) is -0.868. The van der Waals surface area contributed by atoms with E-state index in [0.29, 0.717) is 5.06 Å². The molecule has 0 amide bonds. The van der Waals surface area contributed by atoms with E-state index in [9.17, 15) is 14.3 Å². The van der Waals surface area contributed by atoms with Crippen LogP contribution in [0, 0.1) is 0 Å². The Hall–Kier alpha value is 0.220. The molecule has 0 aromatic carbocycles. The Labute approximate surface area is 94.5 Å². The van der Waals surface area contributed by atoms with E-state index in [2.05, 4.69) is 18.1 Å². The lowest BCUT2D eigenvalue weighted by molar-refractivity contribution is -0.0653. The highest BCUT2D eigenvalue weighted by molar-refractivity contribution is 7.54. The Balaban J connectivity index is 4.43. The molecule has 16 heavy (non-hydrogen) atoms. The predicted molar refractivity (Wildman–Crippen MR) is 56.6 cm³/mol. The number of hydroxylamine groups is 2. The molecule has 0 aromatic rings. The second-order valence-corrected chi connectivity index (χ2v) is 7.21. The first-order chi connectivity index (χ1) is 7.34. The summed E-state index contributed by atoms with van der Waals surface area (Å²) in [5.41, 5.74) is 0. The van der Waals surface area contributed by atoms with E-state index in [1.807, 2.05) is 0 Å². The molecule has 0 fully saturated rings. The lowest BCUT2D eigenvalue weighted by Crippen LogP contribution is -2.23. The van der Waals surface area contributed by atoms with Crippen molar-refractivity contribution in [3.05, 3.63) is 0 Å². The average molecular weight is 277 g/mol. The van der Waals surface area contributed by atoms with E-state index < -0.39 is 27.8 Å². The highest BCUT2D eigenvalue weighted by Gasteiger charge is 2.30. The molecule has 98 valence electrons.